The number of amides is 2. The van der Waals surface area contributed by atoms with E-state index in [1.807, 2.05) is 26.0 Å². The number of hydrogen-bond donors (Lipinski definition) is 1. The highest BCUT2D eigenvalue weighted by Gasteiger charge is 2.53. The highest BCUT2D eigenvalue weighted by Crippen LogP contribution is 2.47. The minimum Gasteiger partial charge on any atom is -0.454 e. The third-order valence-electron chi connectivity index (χ3n) is 4.79. The molecular weight excluding hydrogens is 376 g/mol. The van der Waals surface area contributed by atoms with Crippen molar-refractivity contribution in [2.45, 2.75) is 43.6 Å². The Morgan fingerprint density at radius 3 is 3.00 bits per heavy atom. The molecule has 2 aliphatic heterocycles. The van der Waals surface area contributed by atoms with Gasteiger partial charge >= 0.3 is 5.97 Å². The van der Waals surface area contributed by atoms with Gasteiger partial charge in [0, 0.05) is 17.2 Å². The summed E-state index contributed by atoms with van der Waals surface area (Å²) in [4.78, 5) is 37.8. The summed E-state index contributed by atoms with van der Waals surface area (Å²) in [7, 11) is 0. The zero-order valence-electron chi connectivity index (χ0n) is 14.7. The number of nitrogens with zero attached hydrogens (tertiary/aromatic N) is 1. The van der Waals surface area contributed by atoms with Crippen LogP contribution in [-0.4, -0.2) is 46.0 Å². The summed E-state index contributed by atoms with van der Waals surface area (Å²) in [6.45, 7) is 3.42. The molecule has 2 heterocycles. The first-order chi connectivity index (χ1) is 12.3. The van der Waals surface area contributed by atoms with Crippen LogP contribution in [0.25, 0.3) is 0 Å². The lowest BCUT2D eigenvalue weighted by molar-refractivity contribution is -0.156. The van der Waals surface area contributed by atoms with Crippen LogP contribution in [0.4, 0.5) is 0 Å². The Labute approximate surface area is 161 Å². The van der Waals surface area contributed by atoms with Crippen LogP contribution in [0.3, 0.4) is 0 Å². The third kappa shape index (κ3) is 3.83. The number of halogens is 1. The maximum absolute atomic E-state index is 12.4. The molecule has 0 aromatic heterocycles. The fourth-order valence-corrected chi connectivity index (χ4v) is 4.99. The minimum absolute atomic E-state index is 0.0292. The standard InChI is InChI=1S/C18H21ClN2O4S/c1-11(12-4-3-5-13(19)8-12)20-15(22)9-25-17(24)14-10-26-18(2)7-6-16(23)21(14)18/h3-5,8,11,14H,6-7,9-10H2,1-2H3,(H,20,22)/t11-,14+,18+/m1/s1. The van der Waals surface area contributed by atoms with E-state index in [9.17, 15) is 14.4 Å². The van der Waals surface area contributed by atoms with Crippen molar-refractivity contribution in [3.63, 3.8) is 0 Å². The molecule has 1 aromatic carbocycles. The van der Waals surface area contributed by atoms with Gasteiger partial charge in [-0.2, -0.15) is 0 Å². The second-order valence-corrected chi connectivity index (χ2v) is 8.66. The van der Waals surface area contributed by atoms with E-state index >= 15 is 0 Å². The minimum atomic E-state index is -0.613. The van der Waals surface area contributed by atoms with Crippen LogP contribution in [0.5, 0.6) is 0 Å². The number of carbonyl (C=O) groups is 3. The quantitative estimate of drug-likeness (QED) is 0.774. The monoisotopic (exact) mass is 396 g/mol. The highest BCUT2D eigenvalue weighted by molar-refractivity contribution is 8.01. The highest BCUT2D eigenvalue weighted by atomic mass is 35.5. The van der Waals surface area contributed by atoms with Crippen LogP contribution in [-0.2, 0) is 19.1 Å². The van der Waals surface area contributed by atoms with Gasteiger partial charge in [-0.1, -0.05) is 23.7 Å². The first-order valence-corrected chi connectivity index (χ1v) is 9.84. The second kappa shape index (κ2) is 7.48. The summed E-state index contributed by atoms with van der Waals surface area (Å²) in [5, 5.41) is 3.36. The fourth-order valence-electron chi connectivity index (χ4n) is 3.37. The Bertz CT molecular complexity index is 744. The Hall–Kier alpha value is -1.73. The number of hydrogen-bond acceptors (Lipinski definition) is 5. The number of fused-ring (bicyclic) bond motifs is 1. The Balaban J connectivity index is 1.51. The Morgan fingerprint density at radius 2 is 2.27 bits per heavy atom. The van der Waals surface area contributed by atoms with Crippen molar-refractivity contribution in [1.82, 2.24) is 10.2 Å². The molecule has 6 nitrogen and oxygen atoms in total. The van der Waals surface area contributed by atoms with Gasteiger partial charge in [-0.05, 0) is 38.0 Å². The molecule has 3 atom stereocenters. The van der Waals surface area contributed by atoms with Crippen molar-refractivity contribution in [3.8, 4) is 0 Å². The topological polar surface area (TPSA) is 75.7 Å². The normalized spacial score (nSPS) is 25.7. The average Bonchev–Trinajstić information content (AvgIpc) is 3.09. The molecule has 0 aliphatic carbocycles. The van der Waals surface area contributed by atoms with Crippen molar-refractivity contribution >= 4 is 41.1 Å². The summed E-state index contributed by atoms with van der Waals surface area (Å²) in [5.41, 5.74) is 0.864. The van der Waals surface area contributed by atoms with Gasteiger partial charge in [0.15, 0.2) is 6.61 Å². The number of ether oxygens (including phenoxy) is 1. The van der Waals surface area contributed by atoms with Crippen LogP contribution in [0.15, 0.2) is 24.3 Å². The van der Waals surface area contributed by atoms with E-state index in [1.54, 1.807) is 28.8 Å². The van der Waals surface area contributed by atoms with Crippen LogP contribution >= 0.6 is 23.4 Å². The molecule has 3 rings (SSSR count). The largest absolute Gasteiger partial charge is 0.454 e. The fraction of sp³-hybridized carbons (Fsp3) is 0.500. The molecule has 0 radical (unpaired) electrons. The first-order valence-electron chi connectivity index (χ1n) is 8.48. The van der Waals surface area contributed by atoms with E-state index < -0.39 is 17.9 Å². The zero-order chi connectivity index (χ0) is 18.9. The van der Waals surface area contributed by atoms with E-state index in [0.717, 1.165) is 12.0 Å². The van der Waals surface area contributed by atoms with Crippen molar-refractivity contribution in [2.75, 3.05) is 12.4 Å². The molecule has 0 spiro atoms. The van der Waals surface area contributed by atoms with E-state index in [0.29, 0.717) is 17.2 Å². The van der Waals surface area contributed by atoms with Gasteiger partial charge in [0.2, 0.25) is 5.91 Å². The SMILES string of the molecule is C[C@@H](NC(=O)COC(=O)[C@@H]1CS[C@@]2(C)CCC(=O)N12)c1cccc(Cl)c1. The first kappa shape index (κ1) is 19.0. The lowest BCUT2D eigenvalue weighted by atomic mass is 10.1. The van der Waals surface area contributed by atoms with Crippen molar-refractivity contribution in [1.29, 1.82) is 0 Å². The zero-order valence-corrected chi connectivity index (χ0v) is 16.2. The van der Waals surface area contributed by atoms with Crippen molar-refractivity contribution < 1.29 is 19.1 Å². The molecule has 0 bridgehead atoms. The molecule has 2 aliphatic rings. The molecule has 2 saturated heterocycles. The average molecular weight is 397 g/mol. The molecule has 2 amide bonds. The Kier molecular flexibility index (Phi) is 5.48. The van der Waals surface area contributed by atoms with Crippen molar-refractivity contribution in [2.24, 2.45) is 0 Å². The summed E-state index contributed by atoms with van der Waals surface area (Å²) < 4.78 is 5.17. The lowest BCUT2D eigenvalue weighted by Crippen LogP contribution is -2.47. The summed E-state index contributed by atoms with van der Waals surface area (Å²) in [6, 6.07) is 6.33. The number of rotatable bonds is 5. The van der Waals surface area contributed by atoms with Crippen molar-refractivity contribution in [3.05, 3.63) is 34.9 Å². The summed E-state index contributed by atoms with van der Waals surface area (Å²) in [5.74, 6) is -0.450. The maximum Gasteiger partial charge on any atom is 0.330 e. The van der Waals surface area contributed by atoms with Gasteiger partial charge in [-0.3, -0.25) is 9.59 Å². The predicted molar refractivity (Wildman–Crippen MR) is 99.7 cm³/mol. The van der Waals surface area contributed by atoms with Gasteiger partial charge in [0.25, 0.3) is 5.91 Å². The van der Waals surface area contributed by atoms with Gasteiger partial charge < -0.3 is 15.0 Å². The Morgan fingerprint density at radius 1 is 1.50 bits per heavy atom. The van der Waals surface area contributed by atoms with E-state index in [-0.39, 0.29) is 23.4 Å². The van der Waals surface area contributed by atoms with E-state index in [2.05, 4.69) is 5.32 Å². The predicted octanol–water partition coefficient (Wildman–Crippen LogP) is 2.51. The molecule has 8 heteroatoms. The molecule has 1 N–H and O–H groups in total. The number of nitrogens with one attached hydrogen (secondary N) is 1. The number of carbonyl (C=O) groups excluding carboxylic acids is 3. The van der Waals surface area contributed by atoms with Crippen LogP contribution in [0.2, 0.25) is 5.02 Å². The molecule has 0 unspecified atom stereocenters. The van der Waals surface area contributed by atoms with E-state index in [4.69, 9.17) is 16.3 Å². The summed E-state index contributed by atoms with van der Waals surface area (Å²) in [6.07, 6.45) is 1.18. The summed E-state index contributed by atoms with van der Waals surface area (Å²) >= 11 is 7.54. The number of esters is 1. The number of thioether (sulfide) groups is 1. The molecule has 1 aromatic rings. The molecule has 26 heavy (non-hydrogen) atoms. The maximum atomic E-state index is 12.4. The third-order valence-corrected chi connectivity index (χ3v) is 6.53. The lowest BCUT2D eigenvalue weighted by Gasteiger charge is -2.29. The van der Waals surface area contributed by atoms with Gasteiger partial charge in [-0.15, -0.1) is 11.8 Å². The molecule has 0 saturated carbocycles. The van der Waals surface area contributed by atoms with Gasteiger partial charge in [-0.25, -0.2) is 4.79 Å². The van der Waals surface area contributed by atoms with Crippen LogP contribution in [0, 0.1) is 0 Å². The number of benzene rings is 1. The smallest absolute Gasteiger partial charge is 0.330 e. The molecule has 140 valence electrons. The molecular formula is C18H21ClN2O4S. The van der Waals surface area contributed by atoms with Gasteiger partial charge in [0.1, 0.15) is 6.04 Å². The second-order valence-electron chi connectivity index (χ2n) is 6.72. The molecule has 2 fully saturated rings. The van der Waals surface area contributed by atoms with Crippen LogP contribution in [0.1, 0.15) is 38.3 Å². The van der Waals surface area contributed by atoms with Crippen LogP contribution < -0.4 is 5.32 Å². The van der Waals surface area contributed by atoms with E-state index in [1.165, 1.54) is 0 Å². The van der Waals surface area contributed by atoms with Gasteiger partial charge in [0.05, 0.1) is 10.9 Å².